The van der Waals surface area contributed by atoms with Crippen LogP contribution in [0.2, 0.25) is 4.34 Å². The first-order chi connectivity index (χ1) is 12.4. The summed E-state index contributed by atoms with van der Waals surface area (Å²) in [7, 11) is 0. The Hall–Kier alpha value is -2.72. The van der Waals surface area contributed by atoms with Gasteiger partial charge in [-0.3, -0.25) is 4.79 Å². The van der Waals surface area contributed by atoms with E-state index >= 15 is 0 Å². The van der Waals surface area contributed by atoms with Crippen molar-refractivity contribution in [3.8, 4) is 10.6 Å². The lowest BCUT2D eigenvalue weighted by Crippen LogP contribution is -2.50. The van der Waals surface area contributed by atoms with Crippen molar-refractivity contribution in [2.24, 2.45) is 0 Å². The highest BCUT2D eigenvalue weighted by molar-refractivity contribution is 7.19. The van der Waals surface area contributed by atoms with Gasteiger partial charge >= 0.3 is 5.97 Å². The summed E-state index contributed by atoms with van der Waals surface area (Å²) in [6, 6.07) is 3.91. The minimum absolute atomic E-state index is 0.0282. The molecule has 3 aromatic heterocycles. The molecule has 1 aliphatic heterocycles. The van der Waals surface area contributed by atoms with Gasteiger partial charge in [0.25, 0.3) is 5.91 Å². The number of carbonyl (C=O) groups is 2. The van der Waals surface area contributed by atoms with Crippen molar-refractivity contribution in [3.05, 3.63) is 39.9 Å². The van der Waals surface area contributed by atoms with Gasteiger partial charge in [0.1, 0.15) is 11.9 Å². The van der Waals surface area contributed by atoms with Crippen LogP contribution in [-0.2, 0) is 17.9 Å². The number of aryl methyl sites for hydroxylation is 1. The van der Waals surface area contributed by atoms with Crippen molar-refractivity contribution in [3.63, 3.8) is 0 Å². The van der Waals surface area contributed by atoms with Crippen LogP contribution < -0.4 is 0 Å². The molecule has 4 heterocycles. The van der Waals surface area contributed by atoms with Gasteiger partial charge in [-0.1, -0.05) is 16.8 Å². The lowest BCUT2D eigenvalue weighted by molar-refractivity contribution is -0.143. The zero-order valence-corrected chi connectivity index (χ0v) is 15.0. The maximum atomic E-state index is 12.8. The van der Waals surface area contributed by atoms with E-state index in [2.05, 4.69) is 15.4 Å². The summed E-state index contributed by atoms with van der Waals surface area (Å²) in [5.74, 6) is -0.111. The minimum atomic E-state index is -1.11. The van der Waals surface area contributed by atoms with Crippen LogP contribution in [0.15, 0.2) is 22.7 Å². The topological polar surface area (TPSA) is 114 Å². The van der Waals surface area contributed by atoms with Crippen LogP contribution in [0.3, 0.4) is 0 Å². The van der Waals surface area contributed by atoms with Crippen molar-refractivity contribution in [2.75, 3.05) is 0 Å². The molecule has 0 aromatic carbocycles. The maximum Gasteiger partial charge on any atom is 0.328 e. The van der Waals surface area contributed by atoms with Gasteiger partial charge in [-0.2, -0.15) is 0 Å². The largest absolute Gasteiger partial charge is 0.480 e. The molecule has 3 aromatic rings. The van der Waals surface area contributed by atoms with Crippen LogP contribution in [0.4, 0.5) is 0 Å². The van der Waals surface area contributed by atoms with E-state index in [0.717, 1.165) is 4.88 Å². The van der Waals surface area contributed by atoms with Crippen LogP contribution in [0.25, 0.3) is 10.6 Å². The molecule has 11 heteroatoms. The molecule has 1 unspecified atom stereocenters. The van der Waals surface area contributed by atoms with Crippen molar-refractivity contribution in [2.45, 2.75) is 26.1 Å². The summed E-state index contributed by atoms with van der Waals surface area (Å²) in [6.07, 6.45) is 0. The molecule has 1 atom stereocenters. The van der Waals surface area contributed by atoms with Crippen molar-refractivity contribution >= 4 is 34.8 Å². The van der Waals surface area contributed by atoms with E-state index in [1.807, 2.05) is 0 Å². The van der Waals surface area contributed by atoms with E-state index in [9.17, 15) is 14.7 Å². The fraction of sp³-hybridized carbons (Fsp3) is 0.267. The highest BCUT2D eigenvalue weighted by Crippen LogP contribution is 2.32. The van der Waals surface area contributed by atoms with E-state index in [4.69, 9.17) is 16.1 Å². The van der Waals surface area contributed by atoms with Gasteiger partial charge in [-0.05, 0) is 19.1 Å². The molecular formula is C15H12ClN5O4S. The van der Waals surface area contributed by atoms with Crippen LogP contribution in [0.1, 0.15) is 22.1 Å². The third-order valence-corrected chi connectivity index (χ3v) is 5.39. The fourth-order valence-corrected chi connectivity index (χ4v) is 3.82. The normalized spacial score (nSPS) is 16.5. The summed E-state index contributed by atoms with van der Waals surface area (Å²) >= 11 is 7.20. The van der Waals surface area contributed by atoms with E-state index in [1.54, 1.807) is 23.6 Å². The molecule has 0 fully saturated rings. The number of nitrogens with zero attached hydrogens (tertiary/aromatic N) is 5. The zero-order chi connectivity index (χ0) is 18.4. The number of aliphatic carboxylic acids is 1. The molecular weight excluding hydrogens is 382 g/mol. The minimum Gasteiger partial charge on any atom is -0.480 e. The van der Waals surface area contributed by atoms with Crippen molar-refractivity contribution in [1.29, 1.82) is 0 Å². The predicted octanol–water partition coefficient (Wildman–Crippen LogP) is 2.07. The summed E-state index contributed by atoms with van der Waals surface area (Å²) in [6.45, 7) is 1.85. The Kier molecular flexibility index (Phi) is 4.00. The van der Waals surface area contributed by atoms with Gasteiger partial charge < -0.3 is 19.1 Å². The van der Waals surface area contributed by atoms with Gasteiger partial charge in [-0.15, -0.1) is 21.5 Å². The molecule has 1 aliphatic rings. The number of thiophene rings is 1. The number of hydrogen-bond acceptors (Lipinski definition) is 7. The molecule has 0 saturated heterocycles. The molecule has 4 rings (SSSR count). The Morgan fingerprint density at radius 2 is 2.19 bits per heavy atom. The summed E-state index contributed by atoms with van der Waals surface area (Å²) in [5.41, 5.74) is 0.0282. The Morgan fingerprint density at radius 3 is 2.88 bits per heavy atom. The number of amides is 1. The third-order valence-electron chi connectivity index (χ3n) is 4.15. The van der Waals surface area contributed by atoms with E-state index in [1.165, 1.54) is 22.3 Å². The molecule has 1 amide bonds. The molecule has 0 radical (unpaired) electrons. The quantitative estimate of drug-likeness (QED) is 0.724. The second-order valence-corrected chi connectivity index (χ2v) is 7.46. The SMILES string of the molecule is Cc1nnc2n1CC(C(=O)O)N(C(=O)c1cc(-c3ccc(Cl)s3)on1)C2. The van der Waals surface area contributed by atoms with Gasteiger partial charge in [0, 0.05) is 6.07 Å². The smallest absolute Gasteiger partial charge is 0.328 e. The first kappa shape index (κ1) is 16.7. The fourth-order valence-electron chi connectivity index (χ4n) is 2.82. The molecule has 0 spiro atoms. The average Bonchev–Trinajstić information content (AvgIpc) is 3.33. The summed E-state index contributed by atoms with van der Waals surface area (Å²) < 4.78 is 7.50. The maximum absolute atomic E-state index is 12.8. The summed E-state index contributed by atoms with van der Waals surface area (Å²) in [5, 5.41) is 21.3. The van der Waals surface area contributed by atoms with Gasteiger partial charge in [0.15, 0.2) is 17.3 Å². The number of carbonyl (C=O) groups excluding carboxylic acids is 1. The van der Waals surface area contributed by atoms with E-state index < -0.39 is 17.9 Å². The number of fused-ring (bicyclic) bond motifs is 1. The lowest BCUT2D eigenvalue weighted by Gasteiger charge is -2.32. The number of carboxylic acids is 1. The molecule has 0 aliphatic carbocycles. The highest BCUT2D eigenvalue weighted by atomic mass is 35.5. The Balaban J connectivity index is 1.64. The molecule has 0 bridgehead atoms. The Bertz CT molecular complexity index is 1010. The Labute approximate surface area is 155 Å². The van der Waals surface area contributed by atoms with Gasteiger partial charge in [0.05, 0.1) is 22.3 Å². The van der Waals surface area contributed by atoms with E-state index in [0.29, 0.717) is 21.7 Å². The number of rotatable bonds is 3. The van der Waals surface area contributed by atoms with E-state index in [-0.39, 0.29) is 18.8 Å². The van der Waals surface area contributed by atoms with Crippen LogP contribution in [-0.4, -0.2) is 47.8 Å². The van der Waals surface area contributed by atoms with Crippen LogP contribution in [0.5, 0.6) is 0 Å². The van der Waals surface area contributed by atoms with Crippen molar-refractivity contribution in [1.82, 2.24) is 24.8 Å². The zero-order valence-electron chi connectivity index (χ0n) is 13.4. The molecule has 26 heavy (non-hydrogen) atoms. The summed E-state index contributed by atoms with van der Waals surface area (Å²) in [4.78, 5) is 26.5. The number of halogens is 1. The number of carboxylic acid groups (broad SMARTS) is 1. The standard InChI is InChI=1S/C15H12ClN5O4S/c1-7-17-18-13-6-21(9(15(23)24)5-20(7)13)14(22)8-4-10(25-19-8)11-2-3-12(16)26-11/h2-4,9H,5-6H2,1H3,(H,23,24). The second-order valence-electron chi connectivity index (χ2n) is 5.74. The van der Waals surface area contributed by atoms with Crippen LogP contribution in [0, 0.1) is 6.92 Å². The van der Waals surface area contributed by atoms with Crippen molar-refractivity contribution < 1.29 is 19.2 Å². The number of hydrogen-bond donors (Lipinski definition) is 1. The molecule has 9 nitrogen and oxygen atoms in total. The average molecular weight is 394 g/mol. The molecule has 1 N–H and O–H groups in total. The first-order valence-electron chi connectivity index (χ1n) is 7.59. The van der Waals surface area contributed by atoms with Crippen LogP contribution >= 0.6 is 22.9 Å². The third kappa shape index (κ3) is 2.76. The van der Waals surface area contributed by atoms with Gasteiger partial charge in [0.2, 0.25) is 0 Å². The molecule has 0 saturated carbocycles. The monoisotopic (exact) mass is 393 g/mol. The lowest BCUT2D eigenvalue weighted by atomic mass is 10.1. The predicted molar refractivity (Wildman–Crippen MR) is 90.9 cm³/mol. The van der Waals surface area contributed by atoms with Gasteiger partial charge in [-0.25, -0.2) is 4.79 Å². The number of aromatic nitrogens is 4. The highest BCUT2D eigenvalue weighted by Gasteiger charge is 2.37. The first-order valence-corrected chi connectivity index (χ1v) is 8.78. The Morgan fingerprint density at radius 1 is 1.38 bits per heavy atom. The second kappa shape index (κ2) is 6.22. The molecule has 134 valence electrons.